The molecule has 0 N–H and O–H groups in total. The molecule has 4 heteroatoms. The fraction of sp³-hybridized carbons (Fsp3) is 0.625. The molecule has 3 nitrogen and oxygen atoms in total. The molecule has 1 rings (SSSR count). The van der Waals surface area contributed by atoms with Gasteiger partial charge in [0.25, 0.3) is 0 Å². The molecule has 0 aromatic rings. The monoisotopic (exact) mass is 187 g/mol. The van der Waals surface area contributed by atoms with Gasteiger partial charge in [-0.1, -0.05) is 12.7 Å². The molecule has 0 saturated carbocycles. The Balaban J connectivity index is 2.28. The van der Waals surface area contributed by atoms with Crippen LogP contribution in [0.15, 0.2) is 12.7 Å². The van der Waals surface area contributed by atoms with Gasteiger partial charge in [0, 0.05) is 18.3 Å². The average Bonchev–Trinajstić information content (AvgIpc) is 2.47. The van der Waals surface area contributed by atoms with Crippen molar-refractivity contribution in [2.45, 2.75) is 11.7 Å². The largest absolute Gasteiger partial charge is 0.445 e. The van der Waals surface area contributed by atoms with Gasteiger partial charge in [-0.2, -0.15) is 12.6 Å². The Morgan fingerprint density at radius 2 is 2.58 bits per heavy atom. The summed E-state index contributed by atoms with van der Waals surface area (Å²) >= 11 is 4.27. The van der Waals surface area contributed by atoms with Crippen LogP contribution >= 0.6 is 12.6 Å². The maximum Gasteiger partial charge on any atom is 0.410 e. The van der Waals surface area contributed by atoms with Crippen LogP contribution in [0, 0.1) is 0 Å². The molecule has 1 atom stereocenters. The summed E-state index contributed by atoms with van der Waals surface area (Å²) in [5.41, 5.74) is 0. The zero-order chi connectivity index (χ0) is 8.97. The molecular formula is C8H13NO2S. The second kappa shape index (κ2) is 4.40. The highest BCUT2D eigenvalue weighted by molar-refractivity contribution is 7.81. The lowest BCUT2D eigenvalue weighted by molar-refractivity contribution is 0.121. The molecular weight excluding hydrogens is 174 g/mol. The summed E-state index contributed by atoms with van der Waals surface area (Å²) in [7, 11) is 0. The predicted molar refractivity (Wildman–Crippen MR) is 50.5 cm³/mol. The number of thiol groups is 1. The number of amides is 1. The minimum absolute atomic E-state index is 0.258. The standard InChI is InChI=1S/C8H13NO2S/c1-2-5-11-8(10)9-4-3-7(12)6-9/h2,7,12H,1,3-6H2/t7-/m0/s1. The number of hydrogen-bond acceptors (Lipinski definition) is 3. The van der Waals surface area contributed by atoms with Crippen molar-refractivity contribution in [2.75, 3.05) is 19.7 Å². The van der Waals surface area contributed by atoms with Gasteiger partial charge in [0.05, 0.1) is 0 Å². The third kappa shape index (κ3) is 2.44. The summed E-state index contributed by atoms with van der Waals surface area (Å²) < 4.78 is 4.86. The van der Waals surface area contributed by atoms with Gasteiger partial charge in [-0.05, 0) is 6.42 Å². The summed E-state index contributed by atoms with van der Waals surface area (Å²) in [6, 6.07) is 0. The first-order valence-corrected chi connectivity index (χ1v) is 4.46. The van der Waals surface area contributed by atoms with Crippen LogP contribution in [-0.2, 0) is 4.74 Å². The van der Waals surface area contributed by atoms with E-state index in [0.717, 1.165) is 13.0 Å². The van der Waals surface area contributed by atoms with Crippen LogP contribution in [0.5, 0.6) is 0 Å². The van der Waals surface area contributed by atoms with Crippen molar-refractivity contribution in [3.05, 3.63) is 12.7 Å². The number of hydrogen-bond donors (Lipinski definition) is 1. The zero-order valence-corrected chi connectivity index (χ0v) is 7.80. The van der Waals surface area contributed by atoms with Gasteiger partial charge in [0.2, 0.25) is 0 Å². The minimum Gasteiger partial charge on any atom is -0.445 e. The zero-order valence-electron chi connectivity index (χ0n) is 6.90. The van der Waals surface area contributed by atoms with E-state index in [1.807, 2.05) is 0 Å². The first-order valence-electron chi connectivity index (χ1n) is 3.94. The highest BCUT2D eigenvalue weighted by Crippen LogP contribution is 2.14. The Morgan fingerprint density at radius 3 is 3.08 bits per heavy atom. The summed E-state index contributed by atoms with van der Waals surface area (Å²) in [4.78, 5) is 12.8. The third-order valence-electron chi connectivity index (χ3n) is 1.75. The van der Waals surface area contributed by atoms with Gasteiger partial charge in [0.1, 0.15) is 6.61 Å². The molecule has 12 heavy (non-hydrogen) atoms. The van der Waals surface area contributed by atoms with Gasteiger partial charge in [-0.15, -0.1) is 0 Å². The molecule has 0 aromatic carbocycles. The number of ether oxygens (including phenoxy) is 1. The smallest absolute Gasteiger partial charge is 0.410 e. The summed E-state index contributed by atoms with van der Waals surface area (Å²) in [6.45, 7) is 5.20. The average molecular weight is 187 g/mol. The number of likely N-dealkylation sites (tertiary alicyclic amines) is 1. The van der Waals surface area contributed by atoms with Crippen molar-refractivity contribution in [1.82, 2.24) is 4.90 Å². The van der Waals surface area contributed by atoms with E-state index < -0.39 is 0 Å². The van der Waals surface area contributed by atoms with Crippen LogP contribution in [0.25, 0.3) is 0 Å². The van der Waals surface area contributed by atoms with E-state index in [9.17, 15) is 4.79 Å². The van der Waals surface area contributed by atoms with E-state index in [2.05, 4.69) is 19.2 Å². The lowest BCUT2D eigenvalue weighted by Gasteiger charge is -2.14. The van der Waals surface area contributed by atoms with E-state index in [4.69, 9.17) is 4.74 Å². The van der Waals surface area contributed by atoms with Crippen molar-refractivity contribution in [3.8, 4) is 0 Å². The van der Waals surface area contributed by atoms with Crippen LogP contribution < -0.4 is 0 Å². The number of carbonyl (C=O) groups is 1. The lowest BCUT2D eigenvalue weighted by Crippen LogP contribution is -2.29. The fourth-order valence-corrected chi connectivity index (χ4v) is 1.44. The van der Waals surface area contributed by atoms with Crippen LogP contribution in [0.4, 0.5) is 4.79 Å². The molecule has 1 heterocycles. The molecule has 0 aromatic heterocycles. The molecule has 1 aliphatic rings. The molecule has 0 radical (unpaired) electrons. The number of nitrogens with zero attached hydrogens (tertiary/aromatic N) is 1. The van der Waals surface area contributed by atoms with Crippen LogP contribution in [0.1, 0.15) is 6.42 Å². The molecule has 1 aliphatic heterocycles. The van der Waals surface area contributed by atoms with Crippen molar-refractivity contribution in [1.29, 1.82) is 0 Å². The molecule has 1 amide bonds. The van der Waals surface area contributed by atoms with E-state index in [1.165, 1.54) is 0 Å². The van der Waals surface area contributed by atoms with E-state index >= 15 is 0 Å². The quantitative estimate of drug-likeness (QED) is 0.522. The van der Waals surface area contributed by atoms with Gasteiger partial charge in [0.15, 0.2) is 0 Å². The van der Waals surface area contributed by atoms with Crippen LogP contribution in [0.3, 0.4) is 0 Å². The van der Waals surface area contributed by atoms with E-state index in [1.54, 1.807) is 11.0 Å². The second-order valence-electron chi connectivity index (χ2n) is 2.75. The van der Waals surface area contributed by atoms with E-state index in [0.29, 0.717) is 11.8 Å². The third-order valence-corrected chi connectivity index (χ3v) is 2.17. The molecule has 0 aliphatic carbocycles. The summed E-state index contributed by atoms with van der Waals surface area (Å²) in [5.74, 6) is 0. The van der Waals surface area contributed by atoms with Crippen LogP contribution in [-0.4, -0.2) is 35.9 Å². The summed E-state index contributed by atoms with van der Waals surface area (Å²) in [6.07, 6.45) is 2.25. The molecule has 1 saturated heterocycles. The maximum atomic E-state index is 11.2. The first kappa shape index (κ1) is 9.45. The summed E-state index contributed by atoms with van der Waals surface area (Å²) in [5, 5.41) is 0.307. The van der Waals surface area contributed by atoms with Gasteiger partial charge >= 0.3 is 6.09 Å². The SMILES string of the molecule is C=CCOC(=O)N1CC[C@H](S)C1. The molecule has 0 unspecified atom stereocenters. The van der Waals surface area contributed by atoms with E-state index in [-0.39, 0.29) is 12.7 Å². The van der Waals surface area contributed by atoms with Gasteiger partial charge in [-0.3, -0.25) is 0 Å². The number of carbonyl (C=O) groups excluding carboxylic acids is 1. The Hall–Kier alpha value is -0.640. The lowest BCUT2D eigenvalue weighted by atomic mass is 10.4. The van der Waals surface area contributed by atoms with Gasteiger partial charge in [-0.25, -0.2) is 4.79 Å². The normalized spacial score (nSPS) is 22.4. The Kier molecular flexibility index (Phi) is 3.47. The van der Waals surface area contributed by atoms with Crippen molar-refractivity contribution < 1.29 is 9.53 Å². The fourth-order valence-electron chi connectivity index (χ4n) is 1.13. The predicted octanol–water partition coefficient (Wildman–Crippen LogP) is 1.31. The highest BCUT2D eigenvalue weighted by Gasteiger charge is 2.24. The molecule has 0 spiro atoms. The topological polar surface area (TPSA) is 29.5 Å². The second-order valence-corrected chi connectivity index (χ2v) is 3.48. The molecule has 1 fully saturated rings. The minimum atomic E-state index is -0.258. The Labute approximate surface area is 77.8 Å². The van der Waals surface area contributed by atoms with Crippen LogP contribution in [0.2, 0.25) is 0 Å². The number of rotatable bonds is 2. The first-order chi connectivity index (χ1) is 5.74. The highest BCUT2D eigenvalue weighted by atomic mass is 32.1. The van der Waals surface area contributed by atoms with Crippen molar-refractivity contribution >= 4 is 18.7 Å². The van der Waals surface area contributed by atoms with Gasteiger partial charge < -0.3 is 9.64 Å². The Bertz CT molecular complexity index is 184. The molecule has 0 bridgehead atoms. The van der Waals surface area contributed by atoms with Crippen molar-refractivity contribution in [3.63, 3.8) is 0 Å². The van der Waals surface area contributed by atoms with Crippen molar-refractivity contribution in [2.24, 2.45) is 0 Å². The maximum absolute atomic E-state index is 11.2. The molecule has 68 valence electrons. The Morgan fingerprint density at radius 1 is 1.83 bits per heavy atom.